The van der Waals surface area contributed by atoms with Crippen molar-refractivity contribution in [2.45, 2.75) is 75.8 Å². The fourth-order valence-electron chi connectivity index (χ4n) is 7.57. The van der Waals surface area contributed by atoms with Crippen molar-refractivity contribution in [3.8, 4) is 5.75 Å². The Bertz CT molecular complexity index is 2110. The monoisotopic (exact) mass is 731 g/mol. The van der Waals surface area contributed by atoms with Gasteiger partial charge in [-0.2, -0.15) is 22.0 Å². The van der Waals surface area contributed by atoms with Gasteiger partial charge < -0.3 is 14.2 Å². The molecule has 2 aliphatic heterocycles. The third kappa shape index (κ3) is 6.40. The minimum absolute atomic E-state index is 0.0249. The van der Waals surface area contributed by atoms with Crippen LogP contribution in [0.5, 0.6) is 5.75 Å². The van der Waals surface area contributed by atoms with Crippen molar-refractivity contribution < 1.29 is 44.4 Å². The molecule has 0 bridgehead atoms. The van der Waals surface area contributed by atoms with E-state index in [4.69, 9.17) is 9.26 Å². The number of nitrogens with one attached hydrogen (secondary N) is 1. The molecular formula is C35H34F5N5O5S. The number of anilines is 1. The molecule has 2 unspecified atom stereocenters. The van der Waals surface area contributed by atoms with Gasteiger partial charge in [0.25, 0.3) is 5.91 Å². The average molecular weight is 732 g/mol. The summed E-state index contributed by atoms with van der Waals surface area (Å²) in [7, 11) is -3.88. The summed E-state index contributed by atoms with van der Waals surface area (Å²) in [5, 5.41) is 3.78. The number of allylic oxidation sites excluding steroid dienone is 3. The van der Waals surface area contributed by atoms with Crippen LogP contribution in [0.2, 0.25) is 0 Å². The molecule has 1 N–H and O–H groups in total. The van der Waals surface area contributed by atoms with Gasteiger partial charge in [-0.05, 0) is 74.1 Å². The number of piperidine rings is 1. The molecule has 5 aliphatic rings. The number of hydrogen-bond acceptors (Lipinski definition) is 9. The number of aliphatic imine (C=N–C) groups is 1. The van der Waals surface area contributed by atoms with E-state index in [-0.39, 0.29) is 44.9 Å². The van der Waals surface area contributed by atoms with E-state index < -0.39 is 45.8 Å². The molecule has 270 valence electrons. The fraction of sp³-hybridized carbons (Fsp3) is 0.486. The topological polar surface area (TPSA) is 127 Å². The van der Waals surface area contributed by atoms with Crippen LogP contribution >= 0.6 is 0 Å². The van der Waals surface area contributed by atoms with Gasteiger partial charge in [-0.3, -0.25) is 9.79 Å². The van der Waals surface area contributed by atoms with Gasteiger partial charge in [0.2, 0.25) is 10.0 Å². The lowest BCUT2D eigenvalue weighted by Gasteiger charge is -2.47. The normalized spacial score (nSPS) is 23.3. The number of nitrogens with zero attached hydrogens (tertiary/aromatic N) is 4. The molecule has 1 spiro atoms. The number of halogens is 5. The van der Waals surface area contributed by atoms with Gasteiger partial charge >= 0.3 is 12.8 Å². The van der Waals surface area contributed by atoms with E-state index in [2.05, 4.69) is 26.1 Å². The smallest absolute Gasteiger partial charge is 0.396 e. The molecule has 3 aromatic rings. The van der Waals surface area contributed by atoms with E-state index >= 15 is 0 Å². The van der Waals surface area contributed by atoms with Crippen LogP contribution in [-0.4, -0.2) is 61.8 Å². The zero-order valence-corrected chi connectivity index (χ0v) is 28.2. The minimum Gasteiger partial charge on any atom is -0.434 e. The fourth-order valence-corrected chi connectivity index (χ4v) is 8.86. The number of hydrogen-bond donors (Lipinski definition) is 1. The molecular weight excluding hydrogens is 697 g/mol. The Balaban J connectivity index is 1.02. The number of pyridine rings is 1. The summed E-state index contributed by atoms with van der Waals surface area (Å²) < 4.78 is 107. The number of aromatic nitrogens is 2. The second-order valence-corrected chi connectivity index (χ2v) is 16.2. The third-order valence-corrected chi connectivity index (χ3v) is 12.4. The Morgan fingerprint density at radius 3 is 2.49 bits per heavy atom. The molecule has 2 aromatic heterocycles. The average Bonchev–Trinajstić information content (AvgIpc) is 4.00. The highest BCUT2D eigenvalue weighted by Crippen LogP contribution is 2.56. The Morgan fingerprint density at radius 2 is 1.84 bits per heavy atom. The van der Waals surface area contributed by atoms with Crippen molar-refractivity contribution in [2.75, 3.05) is 18.0 Å². The maximum Gasteiger partial charge on any atom is 0.396 e. The maximum atomic E-state index is 14.2. The van der Waals surface area contributed by atoms with Gasteiger partial charge in [0.1, 0.15) is 22.9 Å². The Labute approximate surface area is 289 Å². The standard InChI is InChI=1S/C35H34F5N5O5S/c1-18-16-41-17-24(29(18)35(38,39)40)30-28(31(50-43-30)19-2-3-19)20-14-34(15-20)8-10-45(11-9-34)21-4-7-25-23(12-21)27(49-33(36)37)13-26(42-25)32(46)44-51(47,48)22-5-6-22/h4,7,12-14,16-19,22,29,33H,2-3,5-6,8-11,15H2,1H3,(H,44,46). The molecule has 4 heterocycles. The molecule has 51 heavy (non-hydrogen) atoms. The van der Waals surface area contributed by atoms with Gasteiger partial charge in [-0.25, -0.2) is 18.1 Å². The number of carbonyl (C=O) groups excluding carboxylic acids is 1. The van der Waals surface area contributed by atoms with Crippen molar-refractivity contribution in [3.63, 3.8) is 0 Å². The van der Waals surface area contributed by atoms with E-state index in [1.165, 1.54) is 19.3 Å². The number of benzene rings is 1. The molecule has 1 saturated heterocycles. The lowest BCUT2D eigenvalue weighted by molar-refractivity contribution is -0.164. The van der Waals surface area contributed by atoms with Crippen molar-refractivity contribution >= 4 is 49.9 Å². The summed E-state index contributed by atoms with van der Waals surface area (Å²) >= 11 is 0. The summed E-state index contributed by atoms with van der Waals surface area (Å²) in [6, 6.07) is 6.01. The van der Waals surface area contributed by atoms with Gasteiger partial charge in [0.05, 0.1) is 16.7 Å². The Morgan fingerprint density at radius 1 is 1.12 bits per heavy atom. The van der Waals surface area contributed by atoms with Crippen LogP contribution in [0, 0.1) is 17.3 Å². The van der Waals surface area contributed by atoms with Crippen molar-refractivity contribution in [1.82, 2.24) is 14.9 Å². The molecule has 8 rings (SSSR count). The van der Waals surface area contributed by atoms with Crippen LogP contribution in [0.1, 0.15) is 85.3 Å². The van der Waals surface area contributed by atoms with E-state index in [0.29, 0.717) is 43.7 Å². The van der Waals surface area contributed by atoms with Crippen LogP contribution < -0.4 is 14.4 Å². The van der Waals surface area contributed by atoms with Crippen LogP contribution in [0.15, 0.2) is 46.1 Å². The second-order valence-electron chi connectivity index (χ2n) is 14.3. The number of alkyl halides is 5. The Kier molecular flexibility index (Phi) is 8.03. The first-order chi connectivity index (χ1) is 24.2. The van der Waals surface area contributed by atoms with Gasteiger partial charge in [0.15, 0.2) is 0 Å². The highest BCUT2D eigenvalue weighted by atomic mass is 32.2. The van der Waals surface area contributed by atoms with Gasteiger partial charge in [-0.15, -0.1) is 0 Å². The lowest BCUT2D eigenvalue weighted by atomic mass is 9.63. The zero-order chi connectivity index (χ0) is 35.9. The second kappa shape index (κ2) is 12.1. The molecule has 0 radical (unpaired) electrons. The van der Waals surface area contributed by atoms with Gasteiger partial charge in [-0.1, -0.05) is 18.2 Å². The van der Waals surface area contributed by atoms with E-state index in [1.54, 1.807) is 18.2 Å². The summed E-state index contributed by atoms with van der Waals surface area (Å²) in [5.74, 6) is -3.13. The quantitative estimate of drug-likeness (QED) is 0.229. The first kappa shape index (κ1) is 33.8. The zero-order valence-electron chi connectivity index (χ0n) is 27.4. The summed E-state index contributed by atoms with van der Waals surface area (Å²) in [6.45, 7) is -0.461. The summed E-state index contributed by atoms with van der Waals surface area (Å²) in [5.41, 5.74) is 2.23. The lowest BCUT2D eigenvalue weighted by Crippen LogP contribution is -2.42. The van der Waals surface area contributed by atoms with E-state index in [0.717, 1.165) is 43.0 Å². The molecule has 3 fully saturated rings. The number of sulfonamides is 1. The van der Waals surface area contributed by atoms with Crippen LogP contribution in [0.4, 0.5) is 27.6 Å². The van der Waals surface area contributed by atoms with Gasteiger partial charge in [0, 0.05) is 65.6 Å². The van der Waals surface area contributed by atoms with E-state index in [1.807, 2.05) is 4.72 Å². The highest BCUT2D eigenvalue weighted by molar-refractivity contribution is 7.91. The molecule has 1 amide bonds. The minimum atomic E-state index is -4.48. The maximum absolute atomic E-state index is 14.2. The number of amides is 1. The predicted octanol–water partition coefficient (Wildman–Crippen LogP) is 7.24. The van der Waals surface area contributed by atoms with Crippen LogP contribution in [0.25, 0.3) is 22.0 Å². The number of carbonyl (C=O) groups is 1. The first-order valence-electron chi connectivity index (χ1n) is 16.9. The SMILES string of the molecule is CC1C=NC=C(c2noc(C3CC3)c2C2=CC3(CCN(c4ccc5nc(C(=O)NS(=O)(=O)C6CC6)cc(OC(F)F)c5c4)CC3)C2)C1C(F)(F)F. The highest BCUT2D eigenvalue weighted by Gasteiger charge is 2.50. The summed E-state index contributed by atoms with van der Waals surface area (Å²) in [6.07, 6.45) is 5.07. The predicted molar refractivity (Wildman–Crippen MR) is 178 cm³/mol. The number of rotatable bonds is 9. The molecule has 3 aliphatic carbocycles. The van der Waals surface area contributed by atoms with E-state index in [9.17, 15) is 35.2 Å². The third-order valence-electron chi connectivity index (χ3n) is 10.6. The molecule has 10 nitrogen and oxygen atoms in total. The molecule has 16 heteroatoms. The van der Waals surface area contributed by atoms with Crippen LogP contribution in [-0.2, 0) is 10.0 Å². The molecule has 2 atom stereocenters. The molecule has 1 aromatic carbocycles. The summed E-state index contributed by atoms with van der Waals surface area (Å²) in [4.78, 5) is 23.2. The van der Waals surface area contributed by atoms with Crippen molar-refractivity contribution in [1.29, 1.82) is 0 Å². The largest absolute Gasteiger partial charge is 0.434 e. The van der Waals surface area contributed by atoms with Crippen molar-refractivity contribution in [2.24, 2.45) is 22.2 Å². The first-order valence-corrected chi connectivity index (χ1v) is 18.5. The Hall–Kier alpha value is -4.34. The number of ether oxygens (including phenoxy) is 1. The molecule has 2 saturated carbocycles. The van der Waals surface area contributed by atoms with Crippen molar-refractivity contribution in [3.05, 3.63) is 59.3 Å². The number of fused-ring (bicyclic) bond motifs is 1. The van der Waals surface area contributed by atoms with Crippen LogP contribution in [0.3, 0.4) is 0 Å².